The molecule has 0 fully saturated rings. The zero-order chi connectivity index (χ0) is 19.3. The van der Waals surface area contributed by atoms with E-state index >= 15 is 0 Å². The number of nitrogens with zero attached hydrogens (tertiary/aromatic N) is 2. The first-order chi connectivity index (χ1) is 13.9. The first kappa shape index (κ1) is 18.8. The van der Waals surface area contributed by atoms with Gasteiger partial charge in [0.1, 0.15) is 0 Å². The molecule has 0 atom stereocenters. The quantitative estimate of drug-likeness (QED) is 0.164. The number of hydrogen-bond acceptors (Lipinski definition) is 2. The van der Waals surface area contributed by atoms with Gasteiger partial charge in [0, 0.05) is 16.3 Å². The second-order valence-electron chi connectivity index (χ2n) is 6.24. The minimum Gasteiger partial charge on any atom is -0.294 e. The van der Waals surface area contributed by atoms with Crippen molar-refractivity contribution < 1.29 is 18.2 Å². The standard InChI is InChI=1S/C24H15N2.ClH.Pd/c1-3-7-17(8-4-1)21-15-13-19-11-12-20-14-16-22(18-9-5-2-6-10-18)26-24(20)23(19)25-21;;/h1-9,11-16H;1H;/q-1;;+2/p-1. The van der Waals surface area contributed by atoms with E-state index in [0.717, 1.165) is 44.3 Å². The van der Waals surface area contributed by atoms with Crippen molar-refractivity contribution in [1.29, 1.82) is 0 Å². The van der Waals surface area contributed by atoms with Gasteiger partial charge in [-0.3, -0.25) is 4.98 Å². The van der Waals surface area contributed by atoms with E-state index in [9.17, 15) is 0 Å². The summed E-state index contributed by atoms with van der Waals surface area (Å²) in [7, 11) is 4.49. The fourth-order valence-corrected chi connectivity index (χ4v) is 3.24. The molecule has 0 amide bonds. The number of aromatic nitrogens is 2. The van der Waals surface area contributed by atoms with Crippen LogP contribution in [0.2, 0.25) is 0 Å². The van der Waals surface area contributed by atoms with E-state index in [4.69, 9.17) is 9.97 Å². The monoisotopic (exact) mass is 472 g/mol. The largest absolute Gasteiger partial charge is 0.294 e. The van der Waals surface area contributed by atoms with Gasteiger partial charge in [-0.2, -0.15) is 0 Å². The molecule has 4 heteroatoms. The van der Waals surface area contributed by atoms with Crippen molar-refractivity contribution in [1.82, 2.24) is 9.97 Å². The molecular formula is C24H15ClN2Pd. The fourth-order valence-electron chi connectivity index (χ4n) is 3.24. The van der Waals surface area contributed by atoms with Gasteiger partial charge in [-0.15, -0.1) is 35.9 Å². The molecule has 0 aliphatic carbocycles. The Morgan fingerprint density at radius 3 is 1.82 bits per heavy atom. The van der Waals surface area contributed by atoms with Crippen LogP contribution in [-0.4, -0.2) is 9.97 Å². The molecule has 5 aromatic rings. The molecule has 0 aliphatic rings. The Kier molecular flexibility index (Phi) is 5.79. The molecule has 0 unspecified atom stereocenters. The van der Waals surface area contributed by atoms with Crippen LogP contribution < -0.4 is 0 Å². The molecule has 0 N–H and O–H groups in total. The second kappa shape index (κ2) is 8.63. The van der Waals surface area contributed by atoms with E-state index in [0.29, 0.717) is 0 Å². The summed E-state index contributed by atoms with van der Waals surface area (Å²) in [5.74, 6) is 0. The molecule has 0 spiro atoms. The van der Waals surface area contributed by atoms with Crippen LogP contribution in [0, 0.1) is 6.07 Å². The Labute approximate surface area is 178 Å². The van der Waals surface area contributed by atoms with Crippen molar-refractivity contribution in [2.75, 3.05) is 0 Å². The van der Waals surface area contributed by atoms with Crippen LogP contribution in [0.1, 0.15) is 0 Å². The number of fused-ring (bicyclic) bond motifs is 3. The molecule has 28 heavy (non-hydrogen) atoms. The van der Waals surface area contributed by atoms with Gasteiger partial charge >= 0.3 is 27.7 Å². The predicted octanol–water partition coefficient (Wildman–Crippen LogP) is 6.60. The van der Waals surface area contributed by atoms with Crippen molar-refractivity contribution in [2.45, 2.75) is 0 Å². The number of halogens is 1. The third-order valence-electron chi connectivity index (χ3n) is 4.57. The maximum absolute atomic E-state index is 4.94. The van der Waals surface area contributed by atoms with Gasteiger partial charge in [-0.25, -0.2) is 4.98 Å². The second-order valence-corrected chi connectivity index (χ2v) is 6.24. The van der Waals surface area contributed by atoms with Gasteiger partial charge in [0.15, 0.2) is 0 Å². The van der Waals surface area contributed by atoms with E-state index in [1.54, 1.807) is 0 Å². The Bertz CT molecular complexity index is 1130. The van der Waals surface area contributed by atoms with E-state index < -0.39 is 0 Å². The summed E-state index contributed by atoms with van der Waals surface area (Å²) in [4.78, 5) is 9.85. The summed E-state index contributed by atoms with van der Waals surface area (Å²) in [5, 5.41) is 2.19. The van der Waals surface area contributed by atoms with Gasteiger partial charge in [-0.05, 0) is 11.8 Å². The minimum atomic E-state index is 0.914. The smallest absolute Gasteiger partial charge is 0.0962 e. The Hall–Kier alpha value is -2.57. The molecular weight excluding hydrogens is 458 g/mol. The third-order valence-corrected chi connectivity index (χ3v) is 4.57. The molecule has 0 radical (unpaired) electrons. The zero-order valence-electron chi connectivity index (χ0n) is 14.7. The van der Waals surface area contributed by atoms with E-state index in [1.807, 2.05) is 48.5 Å². The molecule has 3 aromatic carbocycles. The molecule has 0 aliphatic heterocycles. The predicted molar refractivity (Wildman–Crippen MR) is 113 cm³/mol. The van der Waals surface area contributed by atoms with Crippen LogP contribution in [0.3, 0.4) is 0 Å². The molecule has 138 valence electrons. The summed E-state index contributed by atoms with van der Waals surface area (Å²) in [6, 6.07) is 34.0. The molecule has 2 aromatic heterocycles. The summed E-state index contributed by atoms with van der Waals surface area (Å²) in [6.45, 7) is 0. The van der Waals surface area contributed by atoms with Gasteiger partial charge in [0.05, 0.1) is 16.7 Å². The Morgan fingerprint density at radius 1 is 0.607 bits per heavy atom. The van der Waals surface area contributed by atoms with Crippen LogP contribution >= 0.6 is 9.53 Å². The number of rotatable bonds is 2. The Balaban J connectivity index is 0.000000932. The number of hydrogen-bond donors (Lipinski definition) is 0. The SMILES string of the molecule is [Cl][Pd+].[c-]1ccccc1-c1ccc2ccc3ccc(-c4ccccc4)nc3c2n1. The average molecular weight is 473 g/mol. The topological polar surface area (TPSA) is 25.8 Å². The molecule has 2 nitrogen and oxygen atoms in total. The van der Waals surface area contributed by atoms with Gasteiger partial charge in [0.2, 0.25) is 0 Å². The normalized spacial score (nSPS) is 10.5. The van der Waals surface area contributed by atoms with Crippen LogP contribution in [0.5, 0.6) is 0 Å². The molecule has 0 bridgehead atoms. The average Bonchev–Trinajstić information content (AvgIpc) is 2.81. The molecule has 2 heterocycles. The van der Waals surface area contributed by atoms with E-state index in [2.05, 4.69) is 76.2 Å². The van der Waals surface area contributed by atoms with Gasteiger partial charge in [0.25, 0.3) is 0 Å². The van der Waals surface area contributed by atoms with Crippen molar-refractivity contribution in [3.05, 3.63) is 97.1 Å². The summed E-state index contributed by atoms with van der Waals surface area (Å²) in [6.07, 6.45) is 0. The summed E-state index contributed by atoms with van der Waals surface area (Å²) < 4.78 is 0. The molecule has 0 saturated heterocycles. The van der Waals surface area contributed by atoms with Crippen molar-refractivity contribution in [3.63, 3.8) is 0 Å². The zero-order valence-corrected chi connectivity index (χ0v) is 17.1. The first-order valence-electron chi connectivity index (χ1n) is 8.73. The van der Waals surface area contributed by atoms with Gasteiger partial charge in [-0.1, -0.05) is 60.7 Å². The Morgan fingerprint density at radius 2 is 1.18 bits per heavy atom. The van der Waals surface area contributed by atoms with Crippen LogP contribution in [0.4, 0.5) is 0 Å². The number of pyridine rings is 2. The summed E-state index contributed by atoms with van der Waals surface area (Å²) in [5.41, 5.74) is 5.84. The van der Waals surface area contributed by atoms with Crippen molar-refractivity contribution >= 4 is 31.3 Å². The first-order valence-corrected chi connectivity index (χ1v) is 10.7. The van der Waals surface area contributed by atoms with E-state index in [1.165, 1.54) is 0 Å². The minimum absolute atomic E-state index is 0.914. The number of benzene rings is 3. The van der Waals surface area contributed by atoms with Crippen molar-refractivity contribution in [2.24, 2.45) is 0 Å². The fraction of sp³-hybridized carbons (Fsp3) is 0. The van der Waals surface area contributed by atoms with Crippen LogP contribution in [0.25, 0.3) is 44.3 Å². The van der Waals surface area contributed by atoms with Gasteiger partial charge < -0.3 is 0 Å². The van der Waals surface area contributed by atoms with Crippen LogP contribution in [-0.2, 0) is 18.2 Å². The molecule has 5 rings (SSSR count). The molecule has 0 saturated carbocycles. The third kappa shape index (κ3) is 3.70. The maximum Gasteiger partial charge on any atom is 0.0962 e. The summed E-state index contributed by atoms with van der Waals surface area (Å²) >= 11 is 2.22. The van der Waals surface area contributed by atoms with Crippen LogP contribution in [0.15, 0.2) is 91.0 Å². The maximum atomic E-state index is 4.94. The van der Waals surface area contributed by atoms with E-state index in [-0.39, 0.29) is 0 Å². The van der Waals surface area contributed by atoms with Crippen molar-refractivity contribution in [3.8, 4) is 22.5 Å².